The summed E-state index contributed by atoms with van der Waals surface area (Å²) in [6, 6.07) is 16.1. The number of amides is 1. The van der Waals surface area contributed by atoms with E-state index in [4.69, 9.17) is 0 Å². The smallest absolute Gasteiger partial charge is 0.229 e. The zero-order valence-electron chi connectivity index (χ0n) is 16.9. The van der Waals surface area contributed by atoms with E-state index in [2.05, 4.69) is 25.9 Å². The number of carbonyl (C=O) groups is 1. The molecule has 2 aromatic carbocycles. The van der Waals surface area contributed by atoms with Gasteiger partial charge in [-0.25, -0.2) is 4.98 Å². The molecule has 1 heterocycles. The van der Waals surface area contributed by atoms with Crippen LogP contribution >= 0.6 is 0 Å². The molecule has 6 heteroatoms. The van der Waals surface area contributed by atoms with Crippen molar-refractivity contribution in [2.75, 3.05) is 16.0 Å². The van der Waals surface area contributed by atoms with E-state index in [0.717, 1.165) is 24.2 Å². The number of nitrogens with one attached hydrogen (secondary N) is 3. The average Bonchev–Trinajstić information content (AvgIpc) is 3.53. The maximum atomic E-state index is 12.4. The van der Waals surface area contributed by atoms with Crippen LogP contribution < -0.4 is 16.0 Å². The molecule has 3 aromatic rings. The predicted octanol–water partition coefficient (Wildman–Crippen LogP) is 5.24. The molecule has 1 amide bonds. The number of carbonyl (C=O) groups excluding carboxylic acids is 1. The number of hydrogen-bond donors (Lipinski definition) is 3. The van der Waals surface area contributed by atoms with E-state index >= 15 is 0 Å². The molecule has 0 aliphatic heterocycles. The van der Waals surface area contributed by atoms with Crippen LogP contribution in [0.2, 0.25) is 0 Å². The Morgan fingerprint density at radius 3 is 1.93 bits per heavy atom. The lowest BCUT2D eigenvalue weighted by Crippen LogP contribution is -2.17. The minimum absolute atomic E-state index is 0.0305. The molecule has 29 heavy (non-hydrogen) atoms. The van der Waals surface area contributed by atoms with Crippen molar-refractivity contribution in [2.45, 2.75) is 33.6 Å². The van der Waals surface area contributed by atoms with Gasteiger partial charge in [-0.05, 0) is 57.9 Å². The van der Waals surface area contributed by atoms with Crippen LogP contribution in [0.15, 0.2) is 48.5 Å². The minimum atomic E-state index is 0.0305. The summed E-state index contributed by atoms with van der Waals surface area (Å²) >= 11 is 0. The van der Waals surface area contributed by atoms with Crippen LogP contribution in [-0.2, 0) is 4.79 Å². The van der Waals surface area contributed by atoms with Gasteiger partial charge >= 0.3 is 0 Å². The lowest BCUT2D eigenvalue weighted by atomic mass is 10.2. The van der Waals surface area contributed by atoms with Gasteiger partial charge in [0, 0.05) is 17.3 Å². The number of aryl methyl sites for hydroxylation is 3. The van der Waals surface area contributed by atoms with Gasteiger partial charge in [-0.15, -0.1) is 0 Å². The average molecular weight is 387 g/mol. The van der Waals surface area contributed by atoms with Gasteiger partial charge in [-0.2, -0.15) is 4.98 Å². The standard InChI is InChI=1S/C23H25N5O/c1-14-4-10-18(11-5-14)25-21-20(27-22(29)17-8-9-17)16(3)24-23(28-21)26-19-12-6-15(2)7-13-19/h4-7,10-13,17H,8-9H2,1-3H3,(H,27,29)(H2,24,25,26,28). The second-order valence-electron chi connectivity index (χ2n) is 7.60. The van der Waals surface area contributed by atoms with Crippen LogP contribution in [0.4, 0.5) is 28.8 Å². The fourth-order valence-electron chi connectivity index (χ4n) is 2.98. The fraction of sp³-hybridized carbons (Fsp3) is 0.261. The molecule has 0 spiro atoms. The Hall–Kier alpha value is -3.41. The number of nitrogens with zero attached hydrogens (tertiary/aromatic N) is 2. The molecule has 3 N–H and O–H groups in total. The molecule has 0 bridgehead atoms. The van der Waals surface area contributed by atoms with Crippen LogP contribution in [0.1, 0.15) is 29.7 Å². The summed E-state index contributed by atoms with van der Waals surface area (Å²) in [5.41, 5.74) is 5.50. The van der Waals surface area contributed by atoms with E-state index in [9.17, 15) is 4.79 Å². The highest BCUT2D eigenvalue weighted by molar-refractivity contribution is 5.97. The highest BCUT2D eigenvalue weighted by atomic mass is 16.2. The zero-order chi connectivity index (χ0) is 20.4. The molecule has 0 radical (unpaired) electrons. The van der Waals surface area contributed by atoms with Crippen molar-refractivity contribution in [3.05, 3.63) is 65.4 Å². The Kier molecular flexibility index (Phi) is 5.16. The van der Waals surface area contributed by atoms with Gasteiger partial charge in [0.2, 0.25) is 11.9 Å². The summed E-state index contributed by atoms with van der Waals surface area (Å²) < 4.78 is 0. The van der Waals surface area contributed by atoms with E-state index in [1.54, 1.807) is 0 Å². The van der Waals surface area contributed by atoms with Crippen molar-refractivity contribution in [2.24, 2.45) is 5.92 Å². The van der Waals surface area contributed by atoms with Gasteiger partial charge in [0.1, 0.15) is 5.69 Å². The lowest BCUT2D eigenvalue weighted by molar-refractivity contribution is -0.117. The van der Waals surface area contributed by atoms with Crippen LogP contribution in [0.25, 0.3) is 0 Å². The Bertz CT molecular complexity index is 1020. The van der Waals surface area contributed by atoms with Gasteiger partial charge < -0.3 is 16.0 Å². The first-order valence-corrected chi connectivity index (χ1v) is 9.85. The van der Waals surface area contributed by atoms with Crippen LogP contribution in [0.3, 0.4) is 0 Å². The Labute approximate surface area is 170 Å². The minimum Gasteiger partial charge on any atom is -0.338 e. The summed E-state index contributed by atoms with van der Waals surface area (Å²) in [5.74, 6) is 1.19. The molecule has 148 valence electrons. The highest BCUT2D eigenvalue weighted by Crippen LogP contribution is 2.33. The summed E-state index contributed by atoms with van der Waals surface area (Å²) in [6.45, 7) is 5.97. The Balaban J connectivity index is 1.66. The van der Waals surface area contributed by atoms with Crippen molar-refractivity contribution < 1.29 is 4.79 Å². The normalized spacial score (nSPS) is 13.1. The highest BCUT2D eigenvalue weighted by Gasteiger charge is 2.30. The second-order valence-corrected chi connectivity index (χ2v) is 7.60. The number of hydrogen-bond acceptors (Lipinski definition) is 5. The zero-order valence-corrected chi connectivity index (χ0v) is 16.9. The molecule has 1 aromatic heterocycles. The third-order valence-electron chi connectivity index (χ3n) is 4.91. The second kappa shape index (κ2) is 7.91. The van der Waals surface area contributed by atoms with Gasteiger partial charge in [0.05, 0.1) is 5.69 Å². The number of benzene rings is 2. The maximum Gasteiger partial charge on any atom is 0.229 e. The molecule has 1 fully saturated rings. The van der Waals surface area contributed by atoms with Gasteiger partial charge in [-0.1, -0.05) is 35.4 Å². The summed E-state index contributed by atoms with van der Waals surface area (Å²) in [6.07, 6.45) is 1.89. The molecule has 0 saturated heterocycles. The first kappa shape index (κ1) is 18.9. The van der Waals surface area contributed by atoms with Gasteiger partial charge in [0.15, 0.2) is 5.82 Å². The van der Waals surface area contributed by atoms with Crippen molar-refractivity contribution >= 4 is 34.7 Å². The van der Waals surface area contributed by atoms with E-state index in [1.165, 1.54) is 11.1 Å². The van der Waals surface area contributed by atoms with E-state index < -0.39 is 0 Å². The molecule has 0 unspecified atom stereocenters. The Morgan fingerprint density at radius 1 is 0.828 bits per heavy atom. The van der Waals surface area contributed by atoms with Gasteiger partial charge in [0.25, 0.3) is 0 Å². The van der Waals surface area contributed by atoms with Crippen LogP contribution in [-0.4, -0.2) is 15.9 Å². The predicted molar refractivity (Wildman–Crippen MR) is 117 cm³/mol. The van der Waals surface area contributed by atoms with Gasteiger partial charge in [-0.3, -0.25) is 4.79 Å². The molecule has 1 aliphatic rings. The van der Waals surface area contributed by atoms with Crippen molar-refractivity contribution in [1.82, 2.24) is 9.97 Å². The molecular weight excluding hydrogens is 362 g/mol. The first-order valence-electron chi connectivity index (χ1n) is 9.85. The van der Waals surface area contributed by atoms with E-state index in [-0.39, 0.29) is 11.8 Å². The fourth-order valence-corrected chi connectivity index (χ4v) is 2.98. The van der Waals surface area contributed by atoms with Crippen LogP contribution in [0, 0.1) is 26.7 Å². The number of anilines is 5. The monoisotopic (exact) mass is 387 g/mol. The quantitative estimate of drug-likeness (QED) is 0.539. The van der Waals surface area contributed by atoms with Crippen molar-refractivity contribution in [3.8, 4) is 0 Å². The largest absolute Gasteiger partial charge is 0.338 e. The number of rotatable bonds is 6. The summed E-state index contributed by atoms with van der Waals surface area (Å²) in [7, 11) is 0. The summed E-state index contributed by atoms with van der Waals surface area (Å²) in [5, 5.41) is 9.60. The van der Waals surface area contributed by atoms with Crippen molar-refractivity contribution in [1.29, 1.82) is 0 Å². The van der Waals surface area contributed by atoms with Crippen molar-refractivity contribution in [3.63, 3.8) is 0 Å². The Morgan fingerprint density at radius 2 is 1.38 bits per heavy atom. The lowest BCUT2D eigenvalue weighted by Gasteiger charge is -2.16. The van der Waals surface area contributed by atoms with E-state index in [1.807, 2.05) is 69.3 Å². The third-order valence-corrected chi connectivity index (χ3v) is 4.91. The molecule has 6 nitrogen and oxygen atoms in total. The molecular formula is C23H25N5O. The summed E-state index contributed by atoms with van der Waals surface area (Å²) in [4.78, 5) is 21.6. The third kappa shape index (κ3) is 4.71. The molecule has 0 atom stereocenters. The van der Waals surface area contributed by atoms with Crippen LogP contribution in [0.5, 0.6) is 0 Å². The maximum absolute atomic E-state index is 12.4. The molecule has 1 saturated carbocycles. The first-order chi connectivity index (χ1) is 14.0. The molecule has 4 rings (SSSR count). The van der Waals surface area contributed by atoms with E-state index in [0.29, 0.717) is 23.1 Å². The SMILES string of the molecule is Cc1ccc(Nc2nc(C)c(NC(=O)C3CC3)c(Nc3ccc(C)cc3)n2)cc1. The number of aromatic nitrogens is 2. The molecule has 1 aliphatic carbocycles. The topological polar surface area (TPSA) is 78.9 Å².